The lowest BCUT2D eigenvalue weighted by Crippen LogP contribution is -2.44. The van der Waals surface area contributed by atoms with Crippen molar-refractivity contribution in [1.29, 1.82) is 0 Å². The fraction of sp³-hybridized carbons (Fsp3) is 0.238. The minimum atomic E-state index is -0.995. The lowest BCUT2D eigenvalue weighted by atomic mass is 10.0. The summed E-state index contributed by atoms with van der Waals surface area (Å²) in [5.74, 6) is -2.25. The third-order valence-electron chi connectivity index (χ3n) is 4.50. The SMILES string of the molecule is CC(C)[C@@H](Cn1nc(-c2ccc(F)c(F)c2)ccc1=O)NC(=O)c1cccnc1. The molecule has 6 nitrogen and oxygen atoms in total. The molecule has 1 atom stereocenters. The molecule has 1 amide bonds. The number of pyridine rings is 1. The molecule has 0 spiro atoms. The van der Waals surface area contributed by atoms with Crippen molar-refractivity contribution in [2.45, 2.75) is 26.4 Å². The monoisotopic (exact) mass is 398 g/mol. The number of amides is 1. The minimum absolute atomic E-state index is 0.0104. The molecule has 0 unspecified atom stereocenters. The van der Waals surface area contributed by atoms with E-state index in [9.17, 15) is 18.4 Å². The maximum atomic E-state index is 13.5. The summed E-state index contributed by atoms with van der Waals surface area (Å²) in [7, 11) is 0. The highest BCUT2D eigenvalue weighted by atomic mass is 19.2. The molecule has 0 saturated heterocycles. The molecule has 0 aliphatic carbocycles. The lowest BCUT2D eigenvalue weighted by molar-refractivity contribution is 0.0918. The quantitative estimate of drug-likeness (QED) is 0.692. The Morgan fingerprint density at radius 3 is 2.59 bits per heavy atom. The van der Waals surface area contributed by atoms with E-state index in [2.05, 4.69) is 15.4 Å². The number of nitrogens with zero attached hydrogens (tertiary/aromatic N) is 3. The number of carbonyl (C=O) groups is 1. The fourth-order valence-corrected chi connectivity index (χ4v) is 2.75. The zero-order chi connectivity index (χ0) is 21.0. The molecule has 1 N–H and O–H groups in total. The van der Waals surface area contributed by atoms with E-state index < -0.39 is 11.6 Å². The van der Waals surface area contributed by atoms with E-state index >= 15 is 0 Å². The predicted octanol–water partition coefficient (Wildman–Crippen LogP) is 3.04. The minimum Gasteiger partial charge on any atom is -0.347 e. The van der Waals surface area contributed by atoms with E-state index in [0.717, 1.165) is 12.1 Å². The molecule has 8 heteroatoms. The van der Waals surface area contributed by atoms with Crippen molar-refractivity contribution in [2.75, 3.05) is 0 Å². The summed E-state index contributed by atoms with van der Waals surface area (Å²) in [5.41, 5.74) is 0.717. The Kier molecular flexibility index (Phi) is 6.11. The van der Waals surface area contributed by atoms with Gasteiger partial charge in [-0.25, -0.2) is 13.5 Å². The van der Waals surface area contributed by atoms with Gasteiger partial charge in [-0.05, 0) is 42.3 Å². The number of nitrogens with one attached hydrogen (secondary N) is 1. The van der Waals surface area contributed by atoms with Crippen LogP contribution in [0.3, 0.4) is 0 Å². The second-order valence-corrected chi connectivity index (χ2v) is 6.93. The summed E-state index contributed by atoms with van der Waals surface area (Å²) in [6.45, 7) is 3.96. The first-order valence-electron chi connectivity index (χ1n) is 9.09. The van der Waals surface area contributed by atoms with Gasteiger partial charge in [0.15, 0.2) is 11.6 Å². The third-order valence-corrected chi connectivity index (χ3v) is 4.50. The van der Waals surface area contributed by atoms with Crippen molar-refractivity contribution in [3.8, 4) is 11.3 Å². The van der Waals surface area contributed by atoms with Crippen LogP contribution in [0.2, 0.25) is 0 Å². The van der Waals surface area contributed by atoms with Gasteiger partial charge in [-0.3, -0.25) is 14.6 Å². The van der Waals surface area contributed by atoms with E-state index in [1.54, 1.807) is 18.3 Å². The van der Waals surface area contributed by atoms with Gasteiger partial charge in [0.1, 0.15) is 0 Å². The van der Waals surface area contributed by atoms with E-state index in [-0.39, 0.29) is 30.0 Å². The Morgan fingerprint density at radius 2 is 1.93 bits per heavy atom. The van der Waals surface area contributed by atoms with Gasteiger partial charge in [-0.15, -0.1) is 0 Å². The van der Waals surface area contributed by atoms with E-state index in [0.29, 0.717) is 16.8 Å². The van der Waals surface area contributed by atoms with Crippen LogP contribution in [-0.4, -0.2) is 26.7 Å². The number of benzene rings is 1. The molecule has 2 heterocycles. The molecule has 0 radical (unpaired) electrons. The summed E-state index contributed by atoms with van der Waals surface area (Å²) in [6, 6.07) is 9.11. The average Bonchev–Trinajstić information content (AvgIpc) is 2.71. The van der Waals surface area contributed by atoms with Gasteiger partial charge in [0.2, 0.25) is 0 Å². The molecule has 2 aromatic heterocycles. The molecule has 0 bridgehead atoms. The Bertz CT molecular complexity index is 1070. The van der Waals surface area contributed by atoms with Crippen LogP contribution in [0.25, 0.3) is 11.3 Å². The molecule has 0 fully saturated rings. The number of hydrogen-bond acceptors (Lipinski definition) is 4. The highest BCUT2D eigenvalue weighted by Crippen LogP contribution is 2.18. The van der Waals surface area contributed by atoms with Crippen LogP contribution in [0.5, 0.6) is 0 Å². The second kappa shape index (κ2) is 8.72. The molecule has 29 heavy (non-hydrogen) atoms. The van der Waals surface area contributed by atoms with Gasteiger partial charge in [0, 0.05) is 24.0 Å². The summed E-state index contributed by atoms with van der Waals surface area (Å²) in [5, 5.41) is 7.16. The molecule has 0 aliphatic heterocycles. The van der Waals surface area contributed by atoms with Crippen LogP contribution in [0.1, 0.15) is 24.2 Å². The highest BCUT2D eigenvalue weighted by Gasteiger charge is 2.19. The molecular weight excluding hydrogens is 378 g/mol. The molecule has 150 valence electrons. The maximum Gasteiger partial charge on any atom is 0.266 e. The third kappa shape index (κ3) is 4.90. The van der Waals surface area contributed by atoms with E-state index in [4.69, 9.17) is 0 Å². The summed E-state index contributed by atoms with van der Waals surface area (Å²) in [6.07, 6.45) is 3.03. The van der Waals surface area contributed by atoms with Crippen LogP contribution in [0.4, 0.5) is 8.78 Å². The first-order chi connectivity index (χ1) is 13.8. The highest BCUT2D eigenvalue weighted by molar-refractivity contribution is 5.94. The summed E-state index contributed by atoms with van der Waals surface area (Å²) < 4.78 is 27.9. The van der Waals surface area contributed by atoms with Crippen LogP contribution in [0, 0.1) is 17.6 Å². The lowest BCUT2D eigenvalue weighted by Gasteiger charge is -2.23. The van der Waals surface area contributed by atoms with Crippen molar-refractivity contribution in [1.82, 2.24) is 20.1 Å². The van der Waals surface area contributed by atoms with Crippen molar-refractivity contribution in [3.63, 3.8) is 0 Å². The summed E-state index contributed by atoms with van der Waals surface area (Å²) in [4.78, 5) is 28.7. The van der Waals surface area contributed by atoms with Gasteiger partial charge in [0.05, 0.1) is 23.8 Å². The molecule has 3 aromatic rings. The van der Waals surface area contributed by atoms with Crippen LogP contribution < -0.4 is 10.9 Å². The second-order valence-electron chi connectivity index (χ2n) is 6.93. The van der Waals surface area contributed by atoms with Gasteiger partial charge < -0.3 is 5.32 Å². The van der Waals surface area contributed by atoms with Gasteiger partial charge in [0.25, 0.3) is 11.5 Å². The maximum absolute atomic E-state index is 13.5. The Balaban J connectivity index is 1.85. The van der Waals surface area contributed by atoms with Crippen LogP contribution in [-0.2, 0) is 6.54 Å². The predicted molar refractivity (Wildman–Crippen MR) is 104 cm³/mol. The first kappa shape index (κ1) is 20.3. The van der Waals surface area contributed by atoms with Gasteiger partial charge >= 0.3 is 0 Å². The zero-order valence-corrected chi connectivity index (χ0v) is 16.0. The Labute approximate surface area is 166 Å². The van der Waals surface area contributed by atoms with E-state index in [1.807, 2.05) is 13.8 Å². The molecule has 1 aromatic carbocycles. The molecular formula is C21H20F2N4O2. The van der Waals surface area contributed by atoms with Gasteiger partial charge in [-0.2, -0.15) is 5.10 Å². The zero-order valence-electron chi connectivity index (χ0n) is 16.0. The first-order valence-corrected chi connectivity index (χ1v) is 9.09. The topological polar surface area (TPSA) is 76.9 Å². The standard InChI is InChI=1S/C21H20F2N4O2/c1-13(2)19(25-21(29)15-4-3-9-24-11-15)12-27-20(28)8-7-18(26-27)14-5-6-16(22)17(23)10-14/h3-11,13,19H,12H2,1-2H3,(H,25,29)/t19-/m1/s1. The number of hydrogen-bond donors (Lipinski definition) is 1. The van der Waals surface area contributed by atoms with E-state index in [1.165, 1.54) is 29.1 Å². The van der Waals surface area contributed by atoms with Crippen LogP contribution in [0.15, 0.2) is 59.7 Å². The van der Waals surface area contributed by atoms with Crippen molar-refractivity contribution < 1.29 is 13.6 Å². The van der Waals surface area contributed by atoms with Crippen LogP contribution >= 0.6 is 0 Å². The summed E-state index contributed by atoms with van der Waals surface area (Å²) >= 11 is 0. The van der Waals surface area contributed by atoms with Crippen molar-refractivity contribution in [2.24, 2.45) is 5.92 Å². The number of aromatic nitrogens is 3. The number of carbonyl (C=O) groups excluding carboxylic acids is 1. The Hall–Kier alpha value is -3.42. The smallest absolute Gasteiger partial charge is 0.266 e. The largest absolute Gasteiger partial charge is 0.347 e. The normalized spacial score (nSPS) is 12.0. The van der Waals surface area contributed by atoms with Gasteiger partial charge in [-0.1, -0.05) is 13.8 Å². The molecule has 0 aliphatic rings. The average molecular weight is 398 g/mol. The molecule has 0 saturated carbocycles. The fourth-order valence-electron chi connectivity index (χ4n) is 2.75. The Morgan fingerprint density at radius 1 is 1.14 bits per heavy atom. The van der Waals surface area contributed by atoms with Crippen molar-refractivity contribution in [3.05, 3.63) is 82.4 Å². The number of halogens is 2. The van der Waals surface area contributed by atoms with Crippen molar-refractivity contribution >= 4 is 5.91 Å². The molecule has 3 rings (SSSR count). The number of rotatable bonds is 6.